The molecule has 0 saturated heterocycles. The van der Waals surface area contributed by atoms with E-state index in [0.717, 1.165) is 0 Å². The Morgan fingerprint density at radius 1 is 1.23 bits per heavy atom. The molecule has 0 atom stereocenters. The monoisotopic (exact) mass is 294 g/mol. The van der Waals surface area contributed by atoms with Gasteiger partial charge in [0.05, 0.1) is 12.7 Å². The molecule has 2 amide bonds. The van der Waals surface area contributed by atoms with Crippen LogP contribution < -0.4 is 15.8 Å². The van der Waals surface area contributed by atoms with E-state index in [0.29, 0.717) is 17.0 Å². The highest BCUT2D eigenvalue weighted by atomic mass is 16.5. The van der Waals surface area contributed by atoms with E-state index < -0.39 is 11.8 Å². The van der Waals surface area contributed by atoms with Crippen molar-refractivity contribution in [2.45, 2.75) is 0 Å². The molecule has 0 heterocycles. The summed E-state index contributed by atoms with van der Waals surface area (Å²) >= 11 is 0. The highest BCUT2D eigenvalue weighted by molar-refractivity contribution is 6.08. The van der Waals surface area contributed by atoms with Gasteiger partial charge in [-0.15, -0.1) is 6.42 Å². The van der Waals surface area contributed by atoms with E-state index in [1.807, 2.05) is 0 Å². The van der Waals surface area contributed by atoms with Crippen LogP contribution in [0.3, 0.4) is 0 Å². The van der Waals surface area contributed by atoms with Crippen LogP contribution in [0.5, 0.6) is 5.75 Å². The van der Waals surface area contributed by atoms with Crippen molar-refractivity contribution in [1.82, 2.24) is 0 Å². The second kappa shape index (κ2) is 6.46. The number of nitrogens with one attached hydrogen (secondary N) is 1. The van der Waals surface area contributed by atoms with E-state index in [4.69, 9.17) is 16.9 Å². The standard InChI is InChI=1S/C17H14N2O3/c1-3-11-5-4-6-13(9-11)19-17(21)14-10-12(16(18)20)7-8-15(14)22-2/h1,4-10H,2H3,(H2,18,20)(H,19,21). The lowest BCUT2D eigenvalue weighted by atomic mass is 10.1. The van der Waals surface area contributed by atoms with E-state index in [1.54, 1.807) is 24.3 Å². The predicted molar refractivity (Wildman–Crippen MR) is 83.8 cm³/mol. The SMILES string of the molecule is C#Cc1cccc(NC(=O)c2cc(C(N)=O)ccc2OC)c1. The smallest absolute Gasteiger partial charge is 0.259 e. The fourth-order valence-electron chi connectivity index (χ4n) is 1.92. The average Bonchev–Trinajstić information content (AvgIpc) is 2.54. The number of ether oxygens (including phenoxy) is 1. The molecule has 0 unspecified atom stereocenters. The Kier molecular flexibility index (Phi) is 4.44. The summed E-state index contributed by atoms with van der Waals surface area (Å²) in [4.78, 5) is 23.6. The van der Waals surface area contributed by atoms with E-state index >= 15 is 0 Å². The number of anilines is 1. The van der Waals surface area contributed by atoms with Gasteiger partial charge in [0.2, 0.25) is 5.91 Å². The molecule has 0 aromatic heterocycles. The lowest BCUT2D eigenvalue weighted by molar-refractivity contribution is 0.1000. The molecule has 2 aromatic carbocycles. The Balaban J connectivity index is 2.34. The van der Waals surface area contributed by atoms with Gasteiger partial charge in [-0.1, -0.05) is 12.0 Å². The summed E-state index contributed by atoms with van der Waals surface area (Å²) in [7, 11) is 1.44. The molecule has 5 nitrogen and oxygen atoms in total. The maximum Gasteiger partial charge on any atom is 0.259 e. The molecule has 3 N–H and O–H groups in total. The summed E-state index contributed by atoms with van der Waals surface area (Å²) in [5.74, 6) is 1.79. The Hall–Kier alpha value is -3.26. The van der Waals surface area contributed by atoms with Crippen molar-refractivity contribution in [3.05, 3.63) is 59.2 Å². The third kappa shape index (κ3) is 3.25. The fraction of sp³-hybridized carbons (Fsp3) is 0.0588. The minimum atomic E-state index is -0.619. The van der Waals surface area contributed by atoms with Gasteiger partial charge in [0, 0.05) is 16.8 Å². The summed E-state index contributed by atoms with van der Waals surface area (Å²) in [5.41, 5.74) is 6.87. The summed E-state index contributed by atoms with van der Waals surface area (Å²) in [6.45, 7) is 0. The van der Waals surface area contributed by atoms with Crippen molar-refractivity contribution in [3.8, 4) is 18.1 Å². The van der Waals surface area contributed by atoms with Gasteiger partial charge in [-0.25, -0.2) is 0 Å². The van der Waals surface area contributed by atoms with Gasteiger partial charge >= 0.3 is 0 Å². The van der Waals surface area contributed by atoms with Gasteiger partial charge in [0.15, 0.2) is 0 Å². The van der Waals surface area contributed by atoms with Gasteiger partial charge in [0.1, 0.15) is 5.75 Å². The second-order valence-corrected chi connectivity index (χ2v) is 4.46. The zero-order valence-corrected chi connectivity index (χ0v) is 11.9. The lowest BCUT2D eigenvalue weighted by Gasteiger charge is -2.10. The zero-order chi connectivity index (χ0) is 16.1. The number of rotatable bonds is 4. The Labute approximate surface area is 128 Å². The number of amides is 2. The zero-order valence-electron chi connectivity index (χ0n) is 11.9. The Bertz CT molecular complexity index is 776. The summed E-state index contributed by atoms with van der Waals surface area (Å²) in [5, 5.41) is 2.71. The van der Waals surface area contributed by atoms with Crippen LogP contribution in [-0.4, -0.2) is 18.9 Å². The first-order chi connectivity index (χ1) is 10.5. The molecule has 0 fully saturated rings. The molecule has 0 aliphatic heterocycles. The summed E-state index contributed by atoms with van der Waals surface area (Å²) < 4.78 is 5.14. The van der Waals surface area contributed by atoms with Crippen molar-refractivity contribution in [2.75, 3.05) is 12.4 Å². The van der Waals surface area contributed by atoms with E-state index in [9.17, 15) is 9.59 Å². The number of primary amides is 1. The van der Waals surface area contributed by atoms with Gasteiger partial charge in [-0.05, 0) is 36.4 Å². The van der Waals surface area contributed by atoms with Crippen molar-refractivity contribution in [3.63, 3.8) is 0 Å². The molecular weight excluding hydrogens is 280 g/mol. The number of terminal acetylenes is 1. The van der Waals surface area contributed by atoms with Crippen LogP contribution in [0.1, 0.15) is 26.3 Å². The molecule has 2 rings (SSSR count). The van der Waals surface area contributed by atoms with E-state index in [-0.39, 0.29) is 11.1 Å². The van der Waals surface area contributed by atoms with Crippen LogP contribution in [0.15, 0.2) is 42.5 Å². The van der Waals surface area contributed by atoms with Crippen molar-refractivity contribution >= 4 is 17.5 Å². The molecule has 0 spiro atoms. The van der Waals surface area contributed by atoms with Gasteiger partial charge in [-0.3, -0.25) is 9.59 Å². The van der Waals surface area contributed by atoms with Crippen LogP contribution >= 0.6 is 0 Å². The van der Waals surface area contributed by atoms with Gasteiger partial charge in [-0.2, -0.15) is 0 Å². The number of nitrogens with two attached hydrogens (primary N) is 1. The molecule has 110 valence electrons. The highest BCUT2D eigenvalue weighted by Gasteiger charge is 2.15. The maximum absolute atomic E-state index is 12.4. The highest BCUT2D eigenvalue weighted by Crippen LogP contribution is 2.21. The largest absolute Gasteiger partial charge is 0.496 e. The minimum Gasteiger partial charge on any atom is -0.496 e. The van der Waals surface area contributed by atoms with Crippen molar-refractivity contribution < 1.29 is 14.3 Å². The number of hydrogen-bond donors (Lipinski definition) is 2. The maximum atomic E-state index is 12.4. The van der Waals surface area contributed by atoms with Crippen LogP contribution in [0, 0.1) is 12.3 Å². The van der Waals surface area contributed by atoms with E-state index in [2.05, 4.69) is 11.2 Å². The number of methoxy groups -OCH3 is 1. The van der Waals surface area contributed by atoms with Crippen molar-refractivity contribution in [2.24, 2.45) is 5.73 Å². The quantitative estimate of drug-likeness (QED) is 0.846. The van der Waals surface area contributed by atoms with Crippen LogP contribution in [0.4, 0.5) is 5.69 Å². The molecule has 2 aromatic rings. The lowest BCUT2D eigenvalue weighted by Crippen LogP contribution is -2.16. The van der Waals surface area contributed by atoms with E-state index in [1.165, 1.54) is 25.3 Å². The number of hydrogen-bond acceptors (Lipinski definition) is 3. The second-order valence-electron chi connectivity index (χ2n) is 4.46. The number of carbonyl (C=O) groups is 2. The first-order valence-corrected chi connectivity index (χ1v) is 6.41. The topological polar surface area (TPSA) is 81.4 Å². The summed E-state index contributed by atoms with van der Waals surface area (Å²) in [6.07, 6.45) is 5.33. The molecule has 0 bridgehead atoms. The molecular formula is C17H14N2O3. The van der Waals surface area contributed by atoms with Gasteiger partial charge in [0.25, 0.3) is 5.91 Å². The molecule has 0 aliphatic rings. The first-order valence-electron chi connectivity index (χ1n) is 6.41. The van der Waals surface area contributed by atoms with Crippen LogP contribution in [0.2, 0.25) is 0 Å². The molecule has 22 heavy (non-hydrogen) atoms. The molecule has 5 heteroatoms. The summed E-state index contributed by atoms with van der Waals surface area (Å²) in [6, 6.07) is 11.3. The number of carbonyl (C=O) groups excluding carboxylic acids is 2. The third-order valence-electron chi connectivity index (χ3n) is 3.02. The first kappa shape index (κ1) is 15.1. The Morgan fingerprint density at radius 2 is 2.00 bits per heavy atom. The average molecular weight is 294 g/mol. The third-order valence-corrected chi connectivity index (χ3v) is 3.02. The van der Waals surface area contributed by atoms with Crippen molar-refractivity contribution in [1.29, 1.82) is 0 Å². The molecule has 0 aliphatic carbocycles. The normalized spacial score (nSPS) is 9.64. The Morgan fingerprint density at radius 3 is 2.64 bits per heavy atom. The molecule has 0 saturated carbocycles. The van der Waals surface area contributed by atoms with Crippen LogP contribution in [-0.2, 0) is 0 Å². The van der Waals surface area contributed by atoms with Crippen LogP contribution in [0.25, 0.3) is 0 Å². The fourth-order valence-corrected chi connectivity index (χ4v) is 1.92. The molecule has 0 radical (unpaired) electrons. The predicted octanol–water partition coefficient (Wildman–Crippen LogP) is 2.03. The number of benzene rings is 2. The van der Waals surface area contributed by atoms with Gasteiger partial charge < -0.3 is 15.8 Å². The minimum absolute atomic E-state index is 0.213.